The van der Waals surface area contributed by atoms with Gasteiger partial charge in [0, 0.05) is 24.0 Å². The minimum atomic E-state index is 0.618. The van der Waals surface area contributed by atoms with Crippen molar-refractivity contribution in [3.63, 3.8) is 0 Å². The number of hydrogen-bond donors (Lipinski definition) is 1. The zero-order valence-corrected chi connectivity index (χ0v) is 13.7. The van der Waals surface area contributed by atoms with Crippen LogP contribution in [0.4, 0.5) is 11.5 Å². The van der Waals surface area contributed by atoms with Gasteiger partial charge in [-0.3, -0.25) is 9.67 Å². The van der Waals surface area contributed by atoms with Crippen molar-refractivity contribution in [3.8, 4) is 0 Å². The van der Waals surface area contributed by atoms with Crippen molar-refractivity contribution in [2.24, 2.45) is 0 Å². The number of nitrogens with zero attached hydrogens (tertiary/aromatic N) is 5. The Hall–Kier alpha value is -3.74. The molecule has 0 spiro atoms. The molecule has 7 heteroatoms. The molecule has 5 rings (SSSR count). The molecule has 0 amide bonds. The van der Waals surface area contributed by atoms with E-state index >= 15 is 0 Å². The maximum atomic E-state index is 5.94. The number of anilines is 2. The first-order valence-electron chi connectivity index (χ1n) is 8.17. The zero-order valence-electron chi connectivity index (χ0n) is 13.7. The number of benzene rings is 1. The highest BCUT2D eigenvalue weighted by Gasteiger charge is 2.13. The van der Waals surface area contributed by atoms with E-state index in [1.54, 1.807) is 12.4 Å². The summed E-state index contributed by atoms with van der Waals surface area (Å²) in [5, 5.41) is 8.63. The van der Waals surface area contributed by atoms with Crippen molar-refractivity contribution in [2.75, 3.05) is 5.32 Å². The lowest BCUT2D eigenvalue weighted by atomic mass is 10.2. The molecular weight excluding hydrogens is 328 g/mol. The minimum Gasteiger partial charge on any atom is -0.450 e. The van der Waals surface area contributed by atoms with E-state index in [-0.39, 0.29) is 0 Å². The Morgan fingerprint density at radius 2 is 2.00 bits per heavy atom. The first-order chi connectivity index (χ1) is 12.9. The number of rotatable bonds is 4. The van der Waals surface area contributed by atoms with Gasteiger partial charge < -0.3 is 9.73 Å². The average Bonchev–Trinajstić information content (AvgIpc) is 3.27. The minimum absolute atomic E-state index is 0.618. The van der Waals surface area contributed by atoms with E-state index in [1.165, 1.54) is 6.33 Å². The van der Waals surface area contributed by atoms with E-state index in [1.807, 2.05) is 53.5 Å². The van der Waals surface area contributed by atoms with Crippen LogP contribution in [-0.2, 0) is 6.54 Å². The van der Waals surface area contributed by atoms with Crippen molar-refractivity contribution >= 4 is 33.6 Å². The molecule has 0 saturated carbocycles. The average molecular weight is 342 g/mol. The quantitative estimate of drug-likeness (QED) is 0.535. The van der Waals surface area contributed by atoms with Crippen molar-refractivity contribution in [1.82, 2.24) is 24.7 Å². The Kier molecular flexibility index (Phi) is 3.35. The Bertz CT molecular complexity index is 1190. The van der Waals surface area contributed by atoms with Gasteiger partial charge in [-0.2, -0.15) is 5.10 Å². The van der Waals surface area contributed by atoms with Gasteiger partial charge in [0.25, 0.3) is 0 Å². The third-order valence-electron chi connectivity index (χ3n) is 4.12. The van der Waals surface area contributed by atoms with Gasteiger partial charge in [-0.15, -0.1) is 0 Å². The summed E-state index contributed by atoms with van der Waals surface area (Å²) >= 11 is 0. The van der Waals surface area contributed by atoms with Gasteiger partial charge in [0.15, 0.2) is 11.4 Å². The SMILES string of the molecule is c1cncc(Cn2cc(Nc3ncnc4c3oc3ccccc34)cn2)c1. The van der Waals surface area contributed by atoms with Crippen LogP contribution in [0.25, 0.3) is 22.1 Å². The Morgan fingerprint density at radius 3 is 2.92 bits per heavy atom. The van der Waals surface area contributed by atoms with Crippen LogP contribution in [0.15, 0.2) is 71.9 Å². The first-order valence-corrected chi connectivity index (χ1v) is 8.17. The summed E-state index contributed by atoms with van der Waals surface area (Å²) in [6, 6.07) is 11.8. The second kappa shape index (κ2) is 5.96. The predicted octanol–water partition coefficient (Wildman–Crippen LogP) is 3.76. The molecule has 126 valence electrons. The van der Waals surface area contributed by atoms with Crippen LogP contribution in [0.1, 0.15) is 5.56 Å². The van der Waals surface area contributed by atoms with E-state index in [2.05, 4.69) is 25.4 Å². The molecule has 0 aliphatic heterocycles. The molecule has 0 radical (unpaired) electrons. The molecule has 0 atom stereocenters. The second-order valence-electron chi connectivity index (χ2n) is 5.91. The third-order valence-corrected chi connectivity index (χ3v) is 4.12. The molecule has 0 bridgehead atoms. The van der Waals surface area contributed by atoms with Crippen molar-refractivity contribution < 1.29 is 4.42 Å². The molecule has 1 aromatic carbocycles. The van der Waals surface area contributed by atoms with Crippen molar-refractivity contribution in [1.29, 1.82) is 0 Å². The van der Waals surface area contributed by atoms with Crippen molar-refractivity contribution in [2.45, 2.75) is 6.54 Å². The van der Waals surface area contributed by atoms with Gasteiger partial charge >= 0.3 is 0 Å². The summed E-state index contributed by atoms with van der Waals surface area (Å²) in [6.07, 6.45) is 8.80. The van der Waals surface area contributed by atoms with Crippen LogP contribution in [0.3, 0.4) is 0 Å². The highest BCUT2D eigenvalue weighted by molar-refractivity contribution is 6.05. The summed E-state index contributed by atoms with van der Waals surface area (Å²) in [5.74, 6) is 0.618. The van der Waals surface area contributed by atoms with E-state index < -0.39 is 0 Å². The van der Waals surface area contributed by atoms with Crippen LogP contribution in [0.5, 0.6) is 0 Å². The molecule has 1 N–H and O–H groups in total. The lowest BCUT2D eigenvalue weighted by molar-refractivity contribution is 0.667. The van der Waals surface area contributed by atoms with Gasteiger partial charge in [-0.25, -0.2) is 9.97 Å². The maximum Gasteiger partial charge on any atom is 0.196 e. The molecule has 26 heavy (non-hydrogen) atoms. The fraction of sp³-hybridized carbons (Fsp3) is 0.0526. The van der Waals surface area contributed by atoms with Crippen molar-refractivity contribution in [3.05, 3.63) is 73.1 Å². The van der Waals surface area contributed by atoms with Gasteiger partial charge in [0.2, 0.25) is 0 Å². The van der Waals surface area contributed by atoms with Gasteiger partial charge in [0.1, 0.15) is 17.4 Å². The molecule has 0 fully saturated rings. The number of fused-ring (bicyclic) bond motifs is 3. The summed E-state index contributed by atoms with van der Waals surface area (Å²) in [6.45, 7) is 0.652. The molecule has 0 aliphatic rings. The zero-order chi connectivity index (χ0) is 17.3. The van der Waals surface area contributed by atoms with E-state index in [0.29, 0.717) is 17.9 Å². The van der Waals surface area contributed by atoms with E-state index in [9.17, 15) is 0 Å². The smallest absolute Gasteiger partial charge is 0.196 e. The number of furan rings is 1. The van der Waals surface area contributed by atoms with Crippen LogP contribution >= 0.6 is 0 Å². The first kappa shape index (κ1) is 14.6. The number of nitrogens with one attached hydrogen (secondary N) is 1. The number of pyridine rings is 1. The molecule has 0 unspecified atom stereocenters. The molecule has 5 aromatic rings. The standard InChI is InChI=1S/C19H14N6O/c1-2-6-16-15(5-1)17-18(26-16)19(22-12-21-17)24-14-9-23-25(11-14)10-13-4-3-7-20-8-13/h1-9,11-12H,10H2,(H,21,22,24). The molecule has 0 aliphatic carbocycles. The molecule has 4 heterocycles. The van der Waals surface area contributed by atoms with Gasteiger partial charge in [-0.1, -0.05) is 18.2 Å². The van der Waals surface area contributed by atoms with Crippen LogP contribution < -0.4 is 5.32 Å². The number of para-hydroxylation sites is 1. The fourth-order valence-electron chi connectivity index (χ4n) is 2.94. The van der Waals surface area contributed by atoms with Crippen LogP contribution in [0.2, 0.25) is 0 Å². The summed E-state index contributed by atoms with van der Waals surface area (Å²) < 4.78 is 7.78. The Morgan fingerprint density at radius 1 is 1.04 bits per heavy atom. The van der Waals surface area contributed by atoms with E-state index in [0.717, 1.165) is 27.7 Å². The third kappa shape index (κ3) is 2.55. The molecule has 7 nitrogen and oxygen atoms in total. The highest BCUT2D eigenvalue weighted by atomic mass is 16.3. The molecule has 4 aromatic heterocycles. The molecular formula is C19H14N6O. The van der Waals surface area contributed by atoms with Gasteiger partial charge in [-0.05, 0) is 23.8 Å². The normalized spacial score (nSPS) is 11.2. The lowest BCUT2D eigenvalue weighted by Gasteiger charge is -2.02. The highest BCUT2D eigenvalue weighted by Crippen LogP contribution is 2.31. The summed E-state index contributed by atoms with van der Waals surface area (Å²) in [4.78, 5) is 12.8. The fourth-order valence-corrected chi connectivity index (χ4v) is 2.94. The Labute approximate surface area is 148 Å². The predicted molar refractivity (Wildman–Crippen MR) is 98.2 cm³/mol. The monoisotopic (exact) mass is 342 g/mol. The molecule has 0 saturated heterocycles. The second-order valence-corrected chi connectivity index (χ2v) is 5.91. The largest absolute Gasteiger partial charge is 0.450 e. The van der Waals surface area contributed by atoms with E-state index in [4.69, 9.17) is 4.42 Å². The Balaban J connectivity index is 1.46. The van der Waals surface area contributed by atoms with Gasteiger partial charge in [0.05, 0.1) is 18.4 Å². The van der Waals surface area contributed by atoms with Crippen LogP contribution in [0, 0.1) is 0 Å². The summed E-state index contributed by atoms with van der Waals surface area (Å²) in [7, 11) is 0. The maximum absolute atomic E-state index is 5.94. The summed E-state index contributed by atoms with van der Waals surface area (Å²) in [5.41, 5.74) is 4.13. The number of aromatic nitrogens is 5. The topological polar surface area (TPSA) is 81.7 Å². The van der Waals surface area contributed by atoms with Crippen LogP contribution in [-0.4, -0.2) is 24.7 Å². The number of hydrogen-bond acceptors (Lipinski definition) is 6. The lowest BCUT2D eigenvalue weighted by Crippen LogP contribution is -2.00.